The molecule has 0 atom stereocenters. The van der Waals surface area contributed by atoms with Gasteiger partial charge in [-0.05, 0) is 101 Å². The number of fused-ring (bicyclic) bond motifs is 8. The summed E-state index contributed by atoms with van der Waals surface area (Å²) < 4.78 is 1.17. The van der Waals surface area contributed by atoms with Gasteiger partial charge in [0.15, 0.2) is 0 Å². The first-order valence-corrected chi connectivity index (χ1v) is 11.1. The molecule has 1 aromatic carbocycles. The summed E-state index contributed by atoms with van der Waals surface area (Å²) in [5.74, 6) is 0. The first-order valence-electron chi connectivity index (χ1n) is 10.0. The van der Waals surface area contributed by atoms with Crippen molar-refractivity contribution < 1.29 is 0 Å². The fraction of sp³-hybridized carbons (Fsp3) is 0. The maximum absolute atomic E-state index is 4.93. The molecule has 31 heavy (non-hydrogen) atoms. The minimum atomic E-state index is 0.916. The molecule has 2 aliphatic heterocycles. The van der Waals surface area contributed by atoms with Gasteiger partial charge in [-0.3, -0.25) is 0 Å². The number of H-pyrrole nitrogens is 2. The van der Waals surface area contributed by atoms with E-state index in [-0.39, 0.29) is 0 Å². The van der Waals surface area contributed by atoms with Gasteiger partial charge in [0.25, 0.3) is 0 Å². The molecular formula is C26H17IN4. The number of halogens is 1. The molecule has 148 valence electrons. The molecule has 0 aliphatic carbocycles. The Morgan fingerprint density at radius 2 is 1.10 bits per heavy atom. The van der Waals surface area contributed by atoms with Crippen LogP contribution in [0.2, 0.25) is 0 Å². The van der Waals surface area contributed by atoms with Gasteiger partial charge in [0, 0.05) is 31.2 Å². The van der Waals surface area contributed by atoms with Crippen LogP contribution in [0.25, 0.3) is 57.5 Å². The highest BCUT2D eigenvalue weighted by Gasteiger charge is 2.15. The molecule has 0 radical (unpaired) electrons. The monoisotopic (exact) mass is 512 g/mol. The molecule has 0 amide bonds. The van der Waals surface area contributed by atoms with E-state index in [1.807, 2.05) is 0 Å². The molecule has 2 aliphatic rings. The number of nitrogens with zero attached hydrogens (tertiary/aromatic N) is 2. The second kappa shape index (κ2) is 7.35. The molecule has 2 N–H and O–H groups in total. The Balaban J connectivity index is 1.74. The highest BCUT2D eigenvalue weighted by molar-refractivity contribution is 14.1. The fourth-order valence-electron chi connectivity index (χ4n) is 3.95. The van der Waals surface area contributed by atoms with Gasteiger partial charge >= 0.3 is 0 Å². The molecule has 0 spiro atoms. The van der Waals surface area contributed by atoms with Crippen LogP contribution in [0.5, 0.6) is 0 Å². The highest BCUT2D eigenvalue weighted by atomic mass is 127. The zero-order chi connectivity index (χ0) is 20.8. The van der Waals surface area contributed by atoms with Crippen LogP contribution in [0.4, 0.5) is 0 Å². The van der Waals surface area contributed by atoms with Crippen molar-refractivity contribution in [1.82, 2.24) is 19.9 Å². The number of hydrogen-bond acceptors (Lipinski definition) is 2. The van der Waals surface area contributed by atoms with Crippen molar-refractivity contribution in [3.8, 4) is 11.1 Å². The maximum Gasteiger partial charge on any atom is 0.0738 e. The van der Waals surface area contributed by atoms with Crippen molar-refractivity contribution in [2.24, 2.45) is 0 Å². The van der Waals surface area contributed by atoms with Gasteiger partial charge in [-0.25, -0.2) is 9.97 Å². The Morgan fingerprint density at radius 1 is 0.581 bits per heavy atom. The molecule has 5 heteroatoms. The number of aromatic amines is 2. The van der Waals surface area contributed by atoms with E-state index in [9.17, 15) is 0 Å². The molecule has 0 fully saturated rings. The average molecular weight is 512 g/mol. The van der Waals surface area contributed by atoms with E-state index in [2.05, 4.69) is 124 Å². The minimum Gasteiger partial charge on any atom is -0.355 e. The zero-order valence-corrected chi connectivity index (χ0v) is 18.6. The first-order chi connectivity index (χ1) is 15.2. The summed E-state index contributed by atoms with van der Waals surface area (Å²) in [6.07, 6.45) is 8.26. The van der Waals surface area contributed by atoms with Crippen LogP contribution in [0, 0.1) is 3.57 Å². The smallest absolute Gasteiger partial charge is 0.0738 e. The molecule has 0 unspecified atom stereocenters. The molecular weight excluding hydrogens is 495 g/mol. The van der Waals surface area contributed by atoms with Gasteiger partial charge in [-0.1, -0.05) is 18.2 Å². The van der Waals surface area contributed by atoms with Gasteiger partial charge in [0.2, 0.25) is 0 Å². The van der Waals surface area contributed by atoms with Crippen molar-refractivity contribution >= 4 is 69.0 Å². The second-order valence-corrected chi connectivity index (χ2v) is 8.70. The number of rotatable bonds is 1. The SMILES string of the molecule is Ic1ccccc1-c1c2nc(cc3ccc(cc4ccc(cc5nc1C=C5)[nH]4)[nH]3)C=C2. The summed E-state index contributed by atoms with van der Waals surface area (Å²) in [4.78, 5) is 16.8. The van der Waals surface area contributed by atoms with E-state index in [0.29, 0.717) is 0 Å². The summed E-state index contributed by atoms with van der Waals surface area (Å²) in [6, 6.07) is 22.9. The Hall–Kier alpha value is -3.45. The Labute approximate surface area is 192 Å². The van der Waals surface area contributed by atoms with Crippen LogP contribution in [0.1, 0.15) is 22.8 Å². The van der Waals surface area contributed by atoms with E-state index in [0.717, 1.165) is 56.0 Å². The summed E-state index contributed by atoms with van der Waals surface area (Å²) >= 11 is 2.38. The van der Waals surface area contributed by atoms with Crippen LogP contribution in [-0.4, -0.2) is 19.9 Å². The maximum atomic E-state index is 4.93. The van der Waals surface area contributed by atoms with E-state index in [4.69, 9.17) is 9.97 Å². The lowest BCUT2D eigenvalue weighted by Gasteiger charge is -2.07. The molecule has 4 aromatic rings. The number of nitrogens with one attached hydrogen (secondary N) is 2. The predicted octanol–water partition coefficient (Wildman–Crippen LogP) is 6.93. The van der Waals surface area contributed by atoms with Crippen molar-refractivity contribution in [1.29, 1.82) is 0 Å². The van der Waals surface area contributed by atoms with Crippen molar-refractivity contribution in [2.45, 2.75) is 0 Å². The predicted molar refractivity (Wildman–Crippen MR) is 137 cm³/mol. The largest absolute Gasteiger partial charge is 0.355 e. The van der Waals surface area contributed by atoms with Crippen molar-refractivity contribution in [3.63, 3.8) is 0 Å². The Kier molecular flexibility index (Phi) is 4.35. The molecule has 3 aromatic heterocycles. The van der Waals surface area contributed by atoms with Gasteiger partial charge in [0.05, 0.1) is 22.8 Å². The van der Waals surface area contributed by atoms with Gasteiger partial charge in [-0.2, -0.15) is 0 Å². The van der Waals surface area contributed by atoms with Crippen LogP contribution in [0.15, 0.2) is 66.7 Å². The number of hydrogen-bond donors (Lipinski definition) is 2. The van der Waals surface area contributed by atoms with Crippen LogP contribution in [-0.2, 0) is 0 Å². The lowest BCUT2D eigenvalue weighted by Crippen LogP contribution is -1.91. The topological polar surface area (TPSA) is 57.4 Å². The summed E-state index contributed by atoms with van der Waals surface area (Å²) in [5.41, 5.74) is 9.98. The Bertz CT molecular complexity index is 1460. The van der Waals surface area contributed by atoms with Crippen molar-refractivity contribution in [2.75, 3.05) is 0 Å². The quantitative estimate of drug-likeness (QED) is 0.235. The van der Waals surface area contributed by atoms with Crippen LogP contribution < -0.4 is 0 Å². The molecule has 4 nitrogen and oxygen atoms in total. The Morgan fingerprint density at radius 3 is 1.65 bits per heavy atom. The minimum absolute atomic E-state index is 0.916. The third kappa shape index (κ3) is 3.51. The number of aromatic nitrogens is 4. The highest BCUT2D eigenvalue weighted by Crippen LogP contribution is 2.33. The molecule has 0 saturated carbocycles. The fourth-order valence-corrected chi connectivity index (χ4v) is 4.61. The normalized spacial score (nSPS) is 12.4. The van der Waals surface area contributed by atoms with Gasteiger partial charge in [0.1, 0.15) is 0 Å². The average Bonchev–Trinajstić information content (AvgIpc) is 3.55. The molecule has 0 saturated heterocycles. The summed E-state index contributed by atoms with van der Waals surface area (Å²) in [7, 11) is 0. The van der Waals surface area contributed by atoms with Crippen LogP contribution >= 0.6 is 22.6 Å². The molecule has 6 rings (SSSR count). The van der Waals surface area contributed by atoms with E-state index in [1.54, 1.807) is 0 Å². The van der Waals surface area contributed by atoms with Crippen LogP contribution in [0.3, 0.4) is 0 Å². The van der Waals surface area contributed by atoms with Gasteiger partial charge < -0.3 is 9.97 Å². The lowest BCUT2D eigenvalue weighted by molar-refractivity contribution is 1.27. The third-order valence-electron chi connectivity index (χ3n) is 5.36. The van der Waals surface area contributed by atoms with E-state index < -0.39 is 0 Å². The summed E-state index contributed by atoms with van der Waals surface area (Å²) in [6.45, 7) is 0. The zero-order valence-electron chi connectivity index (χ0n) is 16.4. The summed E-state index contributed by atoms with van der Waals surface area (Å²) in [5, 5.41) is 0. The third-order valence-corrected chi connectivity index (χ3v) is 6.30. The van der Waals surface area contributed by atoms with Gasteiger partial charge in [-0.15, -0.1) is 0 Å². The van der Waals surface area contributed by atoms with E-state index >= 15 is 0 Å². The van der Waals surface area contributed by atoms with Crippen molar-refractivity contribution in [3.05, 3.63) is 93.1 Å². The molecule has 5 heterocycles. The standard InChI is InChI=1S/C26H17IN4/c27-23-4-2-1-3-22(23)26-24-11-9-20(30-24)14-18-7-5-16(28-18)13-17-6-8-19(29-17)15-21-10-12-25(26)31-21/h1-15,28-29H. The number of benzene rings is 1. The first kappa shape index (κ1) is 18.3. The second-order valence-electron chi connectivity index (χ2n) is 7.54. The molecule has 8 bridgehead atoms. The van der Waals surface area contributed by atoms with E-state index in [1.165, 1.54) is 3.57 Å². The lowest BCUT2D eigenvalue weighted by atomic mass is 10.0.